The van der Waals surface area contributed by atoms with Gasteiger partial charge in [-0.05, 0) is 52.1 Å². The average Bonchev–Trinajstić information content (AvgIpc) is 2.74. The fraction of sp³-hybridized carbons (Fsp3) is 0.583. The Bertz CT molecular complexity index is 1040. The second-order valence-corrected chi connectivity index (χ2v) is 9.11. The van der Waals surface area contributed by atoms with Gasteiger partial charge in [0.25, 0.3) is 5.91 Å². The zero-order valence-electron chi connectivity index (χ0n) is 19.1. The molecule has 0 bridgehead atoms. The summed E-state index contributed by atoms with van der Waals surface area (Å²) in [5, 5.41) is 3.63. The fourth-order valence-electron chi connectivity index (χ4n) is 4.28. The molecule has 2 aliphatic rings. The lowest BCUT2D eigenvalue weighted by Crippen LogP contribution is -2.38. The highest BCUT2D eigenvalue weighted by Crippen LogP contribution is 2.42. The monoisotopic (exact) mass is 444 g/mol. The summed E-state index contributed by atoms with van der Waals surface area (Å²) in [6.45, 7) is 10.7. The predicted octanol–water partition coefficient (Wildman–Crippen LogP) is 2.42. The average molecular weight is 445 g/mol. The summed E-state index contributed by atoms with van der Waals surface area (Å²) < 4.78 is 23.0. The molecule has 0 saturated carbocycles. The van der Waals surface area contributed by atoms with Crippen molar-refractivity contribution >= 4 is 16.9 Å². The molecule has 1 saturated heterocycles. The van der Waals surface area contributed by atoms with Gasteiger partial charge < -0.3 is 23.9 Å². The summed E-state index contributed by atoms with van der Waals surface area (Å²) >= 11 is 0. The maximum Gasteiger partial charge on any atom is 0.336 e. The van der Waals surface area contributed by atoms with Gasteiger partial charge in [0, 0.05) is 37.3 Å². The van der Waals surface area contributed by atoms with Gasteiger partial charge in [0.1, 0.15) is 22.7 Å². The number of hydrogen-bond acceptors (Lipinski definition) is 7. The summed E-state index contributed by atoms with van der Waals surface area (Å²) in [6.07, 6.45) is 2.44. The number of fused-ring (bicyclic) bond motifs is 3. The van der Waals surface area contributed by atoms with Gasteiger partial charge in [-0.15, -0.1) is 0 Å². The van der Waals surface area contributed by atoms with Crippen LogP contribution in [0.25, 0.3) is 11.0 Å². The molecular weight excluding hydrogens is 412 g/mol. The van der Waals surface area contributed by atoms with E-state index in [1.165, 1.54) is 6.07 Å². The number of carbonyl (C=O) groups excluding carboxylic acids is 1. The first-order valence-corrected chi connectivity index (χ1v) is 11.3. The number of hydrogen-bond donors (Lipinski definition) is 1. The van der Waals surface area contributed by atoms with Gasteiger partial charge in [-0.1, -0.05) is 0 Å². The minimum absolute atomic E-state index is 0.118. The van der Waals surface area contributed by atoms with E-state index in [1.54, 1.807) is 0 Å². The molecule has 3 heterocycles. The van der Waals surface area contributed by atoms with E-state index in [0.29, 0.717) is 29.0 Å². The molecule has 8 nitrogen and oxygen atoms in total. The molecule has 0 atom stereocenters. The first kappa shape index (κ1) is 22.6. The van der Waals surface area contributed by atoms with Crippen LogP contribution in [0.1, 0.15) is 37.8 Å². The molecule has 0 radical (unpaired) electrons. The lowest BCUT2D eigenvalue weighted by atomic mass is 9.92. The van der Waals surface area contributed by atoms with E-state index < -0.39 is 5.63 Å². The second-order valence-electron chi connectivity index (χ2n) is 9.11. The van der Waals surface area contributed by atoms with Crippen LogP contribution in [0.3, 0.4) is 0 Å². The third-order valence-corrected chi connectivity index (χ3v) is 6.04. The molecule has 2 aromatic rings. The van der Waals surface area contributed by atoms with Gasteiger partial charge in [-0.25, -0.2) is 4.79 Å². The molecule has 1 aromatic heterocycles. The van der Waals surface area contributed by atoms with Crippen molar-refractivity contribution in [2.75, 3.05) is 46.0 Å². The number of nitrogens with one attached hydrogen (secondary N) is 1. The fourth-order valence-corrected chi connectivity index (χ4v) is 4.28. The van der Waals surface area contributed by atoms with Crippen molar-refractivity contribution in [2.45, 2.75) is 45.6 Å². The molecular formula is C24H32N2O6. The quantitative estimate of drug-likeness (QED) is 0.518. The van der Waals surface area contributed by atoms with Crippen LogP contribution in [-0.2, 0) is 16.0 Å². The van der Waals surface area contributed by atoms with Gasteiger partial charge in [0.2, 0.25) is 0 Å². The summed E-state index contributed by atoms with van der Waals surface area (Å²) in [4.78, 5) is 26.7. The van der Waals surface area contributed by atoms with Gasteiger partial charge >= 0.3 is 5.63 Å². The van der Waals surface area contributed by atoms with E-state index in [9.17, 15) is 9.59 Å². The van der Waals surface area contributed by atoms with E-state index in [4.69, 9.17) is 18.6 Å². The van der Waals surface area contributed by atoms with Crippen molar-refractivity contribution in [1.82, 2.24) is 10.2 Å². The predicted molar refractivity (Wildman–Crippen MR) is 121 cm³/mol. The molecule has 174 valence electrons. The standard InChI is InChI=1S/C24H32N2O6/c1-16-13-21(28)31-23-17-5-6-24(2,3)32-18(17)14-19(22(16)23)30-15-20(27)25-7-4-8-26-9-11-29-12-10-26/h13-14H,4-12,15H2,1-3H3,(H,25,27). The zero-order chi connectivity index (χ0) is 22.7. The second kappa shape index (κ2) is 9.50. The third kappa shape index (κ3) is 5.24. The number of ether oxygens (including phenoxy) is 3. The lowest BCUT2D eigenvalue weighted by Gasteiger charge is -2.33. The summed E-state index contributed by atoms with van der Waals surface area (Å²) in [5.41, 5.74) is 1.39. The first-order chi connectivity index (χ1) is 15.3. The largest absolute Gasteiger partial charge is 0.487 e. The smallest absolute Gasteiger partial charge is 0.336 e. The Morgan fingerprint density at radius 1 is 1.25 bits per heavy atom. The zero-order valence-corrected chi connectivity index (χ0v) is 19.1. The molecule has 0 spiro atoms. The first-order valence-electron chi connectivity index (χ1n) is 11.3. The van der Waals surface area contributed by atoms with Crippen molar-refractivity contribution in [3.8, 4) is 11.5 Å². The van der Waals surface area contributed by atoms with Crippen molar-refractivity contribution in [3.05, 3.63) is 33.7 Å². The Labute approximate surface area is 187 Å². The molecule has 8 heteroatoms. The van der Waals surface area contributed by atoms with E-state index in [2.05, 4.69) is 10.2 Å². The van der Waals surface area contributed by atoms with Gasteiger partial charge in [-0.2, -0.15) is 0 Å². The Morgan fingerprint density at radius 3 is 2.81 bits per heavy atom. The van der Waals surface area contributed by atoms with E-state index in [1.807, 2.05) is 26.8 Å². The third-order valence-electron chi connectivity index (χ3n) is 6.04. The van der Waals surface area contributed by atoms with Crippen LogP contribution in [0.15, 0.2) is 21.3 Å². The van der Waals surface area contributed by atoms with Crippen LogP contribution in [0.5, 0.6) is 11.5 Å². The molecule has 0 unspecified atom stereocenters. The number of benzene rings is 1. The van der Waals surface area contributed by atoms with Crippen molar-refractivity contribution in [2.24, 2.45) is 0 Å². The molecule has 1 fully saturated rings. The number of nitrogens with zero attached hydrogens (tertiary/aromatic N) is 1. The lowest BCUT2D eigenvalue weighted by molar-refractivity contribution is -0.123. The van der Waals surface area contributed by atoms with Crippen molar-refractivity contribution in [3.63, 3.8) is 0 Å². The highest BCUT2D eigenvalue weighted by atomic mass is 16.5. The van der Waals surface area contributed by atoms with Crippen LogP contribution in [0.2, 0.25) is 0 Å². The number of aryl methyl sites for hydroxylation is 2. The number of carbonyl (C=O) groups is 1. The molecule has 2 aliphatic heterocycles. The molecule has 1 aromatic carbocycles. The molecule has 4 rings (SSSR count). The van der Waals surface area contributed by atoms with E-state index in [0.717, 1.165) is 63.2 Å². The molecule has 0 aliphatic carbocycles. The van der Waals surface area contributed by atoms with E-state index in [-0.39, 0.29) is 18.1 Å². The topological polar surface area (TPSA) is 90.2 Å². The van der Waals surface area contributed by atoms with Crippen LogP contribution < -0.4 is 20.4 Å². The molecule has 1 amide bonds. The Kier molecular flexibility index (Phi) is 6.71. The van der Waals surface area contributed by atoms with Crippen LogP contribution >= 0.6 is 0 Å². The SMILES string of the molecule is Cc1cc(=O)oc2c3c(cc(OCC(=O)NCCCN4CCOCC4)c12)OC(C)(C)CC3. The molecule has 32 heavy (non-hydrogen) atoms. The summed E-state index contributed by atoms with van der Waals surface area (Å²) in [5.74, 6) is 0.943. The van der Waals surface area contributed by atoms with Crippen LogP contribution in [-0.4, -0.2) is 62.4 Å². The Hall–Kier alpha value is -2.58. The Balaban J connectivity index is 1.43. The minimum Gasteiger partial charge on any atom is -0.487 e. The highest BCUT2D eigenvalue weighted by molar-refractivity contribution is 5.91. The number of rotatable bonds is 7. The van der Waals surface area contributed by atoms with Gasteiger partial charge in [0.05, 0.1) is 18.6 Å². The van der Waals surface area contributed by atoms with Crippen LogP contribution in [0, 0.1) is 6.92 Å². The van der Waals surface area contributed by atoms with Crippen LogP contribution in [0.4, 0.5) is 0 Å². The number of morpholine rings is 1. The van der Waals surface area contributed by atoms with Crippen molar-refractivity contribution in [1.29, 1.82) is 0 Å². The summed E-state index contributed by atoms with van der Waals surface area (Å²) in [7, 11) is 0. The maximum absolute atomic E-state index is 12.4. The number of amides is 1. The maximum atomic E-state index is 12.4. The highest BCUT2D eigenvalue weighted by Gasteiger charge is 2.30. The van der Waals surface area contributed by atoms with Gasteiger partial charge in [-0.3, -0.25) is 9.69 Å². The Morgan fingerprint density at radius 2 is 2.03 bits per heavy atom. The van der Waals surface area contributed by atoms with Crippen molar-refractivity contribution < 1.29 is 23.4 Å². The summed E-state index contributed by atoms with van der Waals surface area (Å²) in [6, 6.07) is 3.26. The molecule has 1 N–H and O–H groups in total. The minimum atomic E-state index is -0.405. The van der Waals surface area contributed by atoms with Gasteiger partial charge in [0.15, 0.2) is 6.61 Å². The van der Waals surface area contributed by atoms with E-state index >= 15 is 0 Å². The normalized spacial score (nSPS) is 18.1.